The average Bonchev–Trinajstić information content (AvgIpc) is 3.60. The highest BCUT2D eigenvalue weighted by atomic mass is 16.2. The fourth-order valence-corrected chi connectivity index (χ4v) is 3.29. The van der Waals surface area contributed by atoms with E-state index in [-0.39, 0.29) is 17.7 Å². The molecule has 5 rings (SSSR count). The quantitative estimate of drug-likeness (QED) is 0.768. The van der Waals surface area contributed by atoms with Crippen molar-refractivity contribution in [2.75, 3.05) is 5.32 Å². The summed E-state index contributed by atoms with van der Waals surface area (Å²) in [5, 5.41) is 7.65. The second-order valence-corrected chi connectivity index (χ2v) is 6.91. The molecular weight excluding hydrogens is 328 g/mol. The Morgan fingerprint density at radius 2 is 2.00 bits per heavy atom. The van der Waals surface area contributed by atoms with Gasteiger partial charge in [0.05, 0.1) is 5.69 Å². The predicted octanol–water partition coefficient (Wildman–Crippen LogP) is 2.68. The minimum Gasteiger partial charge on any atom is -0.310 e. The molecule has 0 saturated heterocycles. The number of nitrogens with zero attached hydrogens (tertiary/aromatic N) is 5. The summed E-state index contributed by atoms with van der Waals surface area (Å²) in [6.45, 7) is 0. The number of nitrogens with one attached hydrogen (secondary N) is 1. The molecule has 2 atom stereocenters. The summed E-state index contributed by atoms with van der Waals surface area (Å²) < 4.78 is 1.63. The Labute approximate surface area is 150 Å². The highest BCUT2D eigenvalue weighted by Crippen LogP contribution is 2.48. The Bertz CT molecular complexity index is 935. The number of amides is 1. The molecule has 0 aromatic carbocycles. The van der Waals surface area contributed by atoms with Crippen LogP contribution in [0.15, 0.2) is 49.1 Å². The number of anilines is 1. The Balaban J connectivity index is 1.38. The van der Waals surface area contributed by atoms with E-state index in [1.165, 1.54) is 0 Å². The molecule has 3 aromatic rings. The molecule has 3 aromatic heterocycles. The molecule has 26 heavy (non-hydrogen) atoms. The minimum absolute atomic E-state index is 0.0123. The maximum absolute atomic E-state index is 12.7. The van der Waals surface area contributed by atoms with Crippen molar-refractivity contribution in [1.82, 2.24) is 24.7 Å². The Kier molecular flexibility index (Phi) is 3.51. The minimum atomic E-state index is -0.0244. The summed E-state index contributed by atoms with van der Waals surface area (Å²) in [6, 6.07) is 7.65. The van der Waals surface area contributed by atoms with Crippen LogP contribution in [0.4, 0.5) is 5.82 Å². The standard InChI is InChI=1S/C19H18N6O/c26-18(15-9-14(15)13-3-1-6-20-11-13)23-17-10-16(12-4-5-12)24-25(17)19-21-7-2-8-22-19/h1-3,6-8,10-12,14-15H,4-5,9H2,(H,23,26)/t14-,15-/m0/s1. The van der Waals surface area contributed by atoms with E-state index in [2.05, 4.69) is 25.4 Å². The van der Waals surface area contributed by atoms with Gasteiger partial charge in [0.2, 0.25) is 5.91 Å². The Morgan fingerprint density at radius 3 is 2.73 bits per heavy atom. The Morgan fingerprint density at radius 1 is 1.15 bits per heavy atom. The first-order chi connectivity index (χ1) is 12.8. The summed E-state index contributed by atoms with van der Waals surface area (Å²) in [7, 11) is 0. The molecule has 0 bridgehead atoms. The van der Waals surface area contributed by atoms with Gasteiger partial charge in [0.25, 0.3) is 5.95 Å². The number of pyridine rings is 1. The third kappa shape index (κ3) is 2.85. The lowest BCUT2D eigenvalue weighted by atomic mass is 10.1. The molecule has 2 fully saturated rings. The van der Waals surface area contributed by atoms with Gasteiger partial charge >= 0.3 is 0 Å². The van der Waals surface area contributed by atoms with Crippen LogP contribution in [0.3, 0.4) is 0 Å². The normalized spacial score (nSPS) is 21.4. The molecule has 0 spiro atoms. The van der Waals surface area contributed by atoms with Gasteiger partial charge in [0.15, 0.2) is 0 Å². The van der Waals surface area contributed by atoms with Crippen LogP contribution in [0.25, 0.3) is 5.95 Å². The molecule has 2 saturated carbocycles. The van der Waals surface area contributed by atoms with Crippen LogP contribution in [0, 0.1) is 5.92 Å². The topological polar surface area (TPSA) is 85.6 Å². The van der Waals surface area contributed by atoms with Crippen molar-refractivity contribution >= 4 is 11.7 Å². The van der Waals surface area contributed by atoms with Crippen molar-refractivity contribution in [1.29, 1.82) is 0 Å². The van der Waals surface area contributed by atoms with E-state index in [1.807, 2.05) is 24.4 Å². The second-order valence-electron chi connectivity index (χ2n) is 6.91. The van der Waals surface area contributed by atoms with Crippen LogP contribution in [0.2, 0.25) is 0 Å². The van der Waals surface area contributed by atoms with Crippen LogP contribution in [-0.2, 0) is 4.79 Å². The number of aromatic nitrogens is 5. The summed E-state index contributed by atoms with van der Waals surface area (Å²) in [4.78, 5) is 25.4. The van der Waals surface area contributed by atoms with Crippen molar-refractivity contribution in [3.8, 4) is 5.95 Å². The zero-order valence-electron chi connectivity index (χ0n) is 14.1. The molecule has 0 radical (unpaired) electrons. The molecule has 130 valence electrons. The third-order valence-electron chi connectivity index (χ3n) is 4.96. The lowest BCUT2D eigenvalue weighted by molar-refractivity contribution is -0.117. The summed E-state index contributed by atoms with van der Waals surface area (Å²) in [5.41, 5.74) is 2.11. The summed E-state index contributed by atoms with van der Waals surface area (Å²) in [6.07, 6.45) is 10.1. The lowest BCUT2D eigenvalue weighted by Gasteiger charge is -2.07. The van der Waals surface area contributed by atoms with Gasteiger partial charge in [-0.05, 0) is 42.9 Å². The van der Waals surface area contributed by atoms with Crippen LogP contribution >= 0.6 is 0 Å². The zero-order chi connectivity index (χ0) is 17.5. The summed E-state index contributed by atoms with van der Waals surface area (Å²) >= 11 is 0. The fourth-order valence-electron chi connectivity index (χ4n) is 3.29. The first kappa shape index (κ1) is 15.2. The largest absolute Gasteiger partial charge is 0.310 e. The lowest BCUT2D eigenvalue weighted by Crippen LogP contribution is -2.18. The molecule has 7 nitrogen and oxygen atoms in total. The smallest absolute Gasteiger partial charge is 0.252 e. The number of hydrogen-bond acceptors (Lipinski definition) is 5. The average molecular weight is 346 g/mol. The molecule has 2 aliphatic carbocycles. The SMILES string of the molecule is O=C(Nc1cc(C2CC2)nn1-c1ncccn1)[C@H]1C[C@H]1c1cccnc1. The molecule has 7 heteroatoms. The van der Waals surface area contributed by atoms with Gasteiger partial charge in [-0.25, -0.2) is 9.97 Å². The number of carbonyl (C=O) groups excluding carboxylic acids is 1. The van der Waals surface area contributed by atoms with Crippen molar-refractivity contribution < 1.29 is 4.79 Å². The van der Waals surface area contributed by atoms with Gasteiger partial charge in [0, 0.05) is 42.7 Å². The molecule has 1 N–H and O–H groups in total. The van der Waals surface area contributed by atoms with Gasteiger partial charge in [-0.1, -0.05) is 6.07 Å². The highest BCUT2D eigenvalue weighted by Gasteiger charge is 2.44. The van der Waals surface area contributed by atoms with E-state index in [0.29, 0.717) is 17.7 Å². The number of hydrogen-bond donors (Lipinski definition) is 1. The number of carbonyl (C=O) groups is 1. The van der Waals surface area contributed by atoms with Crippen molar-refractivity contribution in [3.63, 3.8) is 0 Å². The van der Waals surface area contributed by atoms with E-state index >= 15 is 0 Å². The molecule has 1 amide bonds. The maximum atomic E-state index is 12.7. The zero-order valence-corrected chi connectivity index (χ0v) is 14.1. The van der Waals surface area contributed by atoms with Crippen LogP contribution < -0.4 is 5.32 Å². The highest BCUT2D eigenvalue weighted by molar-refractivity contribution is 5.94. The Hall–Kier alpha value is -3.09. The second kappa shape index (κ2) is 6.01. The fraction of sp³-hybridized carbons (Fsp3) is 0.316. The molecule has 0 aliphatic heterocycles. The van der Waals surface area contributed by atoms with Crippen molar-refractivity contribution in [3.05, 3.63) is 60.3 Å². The predicted molar refractivity (Wildman–Crippen MR) is 94.8 cm³/mol. The molecule has 2 aliphatic rings. The van der Waals surface area contributed by atoms with Gasteiger partial charge in [-0.15, -0.1) is 0 Å². The van der Waals surface area contributed by atoms with E-state index in [9.17, 15) is 4.79 Å². The van der Waals surface area contributed by atoms with Gasteiger partial charge < -0.3 is 5.32 Å². The molecular formula is C19H18N6O. The van der Waals surface area contributed by atoms with E-state index in [0.717, 1.165) is 30.5 Å². The van der Waals surface area contributed by atoms with Crippen molar-refractivity contribution in [2.24, 2.45) is 5.92 Å². The number of rotatable bonds is 5. The molecule has 0 unspecified atom stereocenters. The van der Waals surface area contributed by atoms with Crippen LogP contribution in [-0.4, -0.2) is 30.6 Å². The van der Waals surface area contributed by atoms with Crippen molar-refractivity contribution in [2.45, 2.75) is 31.1 Å². The summed E-state index contributed by atoms with van der Waals surface area (Å²) in [5.74, 6) is 1.83. The van der Waals surface area contributed by atoms with E-state index < -0.39 is 0 Å². The first-order valence-corrected chi connectivity index (χ1v) is 8.88. The van der Waals surface area contributed by atoms with Crippen LogP contribution in [0.1, 0.15) is 42.4 Å². The van der Waals surface area contributed by atoms with Gasteiger partial charge in [-0.3, -0.25) is 9.78 Å². The van der Waals surface area contributed by atoms with E-state index in [4.69, 9.17) is 0 Å². The van der Waals surface area contributed by atoms with Gasteiger partial charge in [-0.2, -0.15) is 9.78 Å². The van der Waals surface area contributed by atoms with E-state index in [1.54, 1.807) is 29.3 Å². The molecule has 3 heterocycles. The third-order valence-corrected chi connectivity index (χ3v) is 4.96. The maximum Gasteiger partial charge on any atom is 0.252 e. The first-order valence-electron chi connectivity index (χ1n) is 8.88. The van der Waals surface area contributed by atoms with Gasteiger partial charge in [0.1, 0.15) is 5.82 Å². The van der Waals surface area contributed by atoms with Crippen LogP contribution in [0.5, 0.6) is 0 Å². The monoisotopic (exact) mass is 346 g/mol.